The summed E-state index contributed by atoms with van der Waals surface area (Å²) in [7, 11) is 0. The highest BCUT2D eigenvalue weighted by Gasteiger charge is 2.20. The Labute approximate surface area is 135 Å². The van der Waals surface area contributed by atoms with Gasteiger partial charge in [-0.25, -0.2) is 4.79 Å². The van der Waals surface area contributed by atoms with Crippen molar-refractivity contribution in [2.75, 3.05) is 11.4 Å². The van der Waals surface area contributed by atoms with Gasteiger partial charge in [-0.05, 0) is 48.6 Å². The molecular weight excluding hydrogens is 296 g/mol. The Balaban J connectivity index is 1.70. The Bertz CT molecular complexity index is 654. The number of nitrogens with zero attached hydrogens (tertiary/aromatic N) is 1. The van der Waals surface area contributed by atoms with Gasteiger partial charge in [-0.15, -0.1) is 0 Å². The summed E-state index contributed by atoms with van der Waals surface area (Å²) in [6.45, 7) is 1.28. The lowest BCUT2D eigenvalue weighted by atomic mass is 10.1. The van der Waals surface area contributed by atoms with E-state index in [0.29, 0.717) is 11.6 Å². The maximum atomic E-state index is 12.5. The van der Waals surface area contributed by atoms with Gasteiger partial charge in [-0.2, -0.15) is 0 Å². The van der Waals surface area contributed by atoms with Crippen molar-refractivity contribution in [3.63, 3.8) is 0 Å². The van der Waals surface area contributed by atoms with E-state index in [1.54, 1.807) is 0 Å². The van der Waals surface area contributed by atoms with Crippen molar-refractivity contribution in [3.05, 3.63) is 64.7 Å². The van der Waals surface area contributed by atoms with Crippen molar-refractivity contribution >= 4 is 23.3 Å². The molecule has 0 radical (unpaired) electrons. The summed E-state index contributed by atoms with van der Waals surface area (Å²) < 4.78 is 0. The van der Waals surface area contributed by atoms with Gasteiger partial charge in [-0.1, -0.05) is 41.9 Å². The molecule has 2 amide bonds. The lowest BCUT2D eigenvalue weighted by Gasteiger charge is -2.23. The molecule has 0 saturated heterocycles. The average molecular weight is 315 g/mol. The van der Waals surface area contributed by atoms with Gasteiger partial charge in [0.1, 0.15) is 0 Å². The van der Waals surface area contributed by atoms with E-state index < -0.39 is 0 Å². The number of aryl methyl sites for hydroxylation is 1. The SMILES string of the molecule is O=C(NCc1ccc(Cl)cc1)N1CCCCc2ccccc21. The summed E-state index contributed by atoms with van der Waals surface area (Å²) in [6.07, 6.45) is 3.19. The van der Waals surface area contributed by atoms with Crippen LogP contribution in [-0.4, -0.2) is 12.6 Å². The van der Waals surface area contributed by atoms with Crippen molar-refractivity contribution in [1.82, 2.24) is 5.32 Å². The number of nitrogens with one attached hydrogen (secondary N) is 1. The number of hydrogen-bond acceptors (Lipinski definition) is 1. The second kappa shape index (κ2) is 6.84. The molecule has 3 rings (SSSR count). The first-order valence-electron chi connectivity index (χ1n) is 7.62. The number of carbonyl (C=O) groups is 1. The summed E-state index contributed by atoms with van der Waals surface area (Å²) in [5, 5.41) is 3.71. The lowest BCUT2D eigenvalue weighted by Crippen LogP contribution is -2.40. The highest BCUT2D eigenvalue weighted by molar-refractivity contribution is 6.30. The van der Waals surface area contributed by atoms with E-state index in [9.17, 15) is 4.79 Å². The van der Waals surface area contributed by atoms with Crippen molar-refractivity contribution < 1.29 is 4.79 Å². The molecule has 3 nitrogen and oxygen atoms in total. The second-order valence-corrected chi connectivity index (χ2v) is 5.96. The Morgan fingerprint density at radius 1 is 1.09 bits per heavy atom. The number of carbonyl (C=O) groups excluding carboxylic acids is 1. The molecule has 0 spiro atoms. The summed E-state index contributed by atoms with van der Waals surface area (Å²) in [5.41, 5.74) is 3.33. The van der Waals surface area contributed by atoms with E-state index in [1.807, 2.05) is 47.4 Å². The lowest BCUT2D eigenvalue weighted by molar-refractivity contribution is 0.246. The Hall–Kier alpha value is -2.00. The Morgan fingerprint density at radius 2 is 1.86 bits per heavy atom. The number of anilines is 1. The topological polar surface area (TPSA) is 32.3 Å². The molecular formula is C18H19ClN2O. The van der Waals surface area contributed by atoms with Crippen LogP contribution in [0, 0.1) is 0 Å². The molecule has 0 aliphatic carbocycles. The van der Waals surface area contributed by atoms with Crippen LogP contribution >= 0.6 is 11.6 Å². The number of halogens is 1. The Morgan fingerprint density at radius 3 is 2.68 bits per heavy atom. The van der Waals surface area contributed by atoms with Gasteiger partial charge in [0.2, 0.25) is 0 Å². The number of hydrogen-bond donors (Lipinski definition) is 1. The maximum Gasteiger partial charge on any atom is 0.322 e. The molecule has 0 saturated carbocycles. The van der Waals surface area contributed by atoms with Crippen LogP contribution in [0.25, 0.3) is 0 Å². The van der Waals surface area contributed by atoms with Crippen LogP contribution < -0.4 is 10.2 Å². The van der Waals surface area contributed by atoms with Gasteiger partial charge in [-0.3, -0.25) is 4.90 Å². The third-order valence-electron chi connectivity index (χ3n) is 3.96. The van der Waals surface area contributed by atoms with Crippen molar-refractivity contribution in [3.8, 4) is 0 Å². The molecule has 2 aromatic carbocycles. The Kier molecular flexibility index (Phi) is 4.64. The third-order valence-corrected chi connectivity index (χ3v) is 4.21. The summed E-state index contributed by atoms with van der Waals surface area (Å²) >= 11 is 5.87. The first kappa shape index (κ1) is 14.9. The number of urea groups is 1. The van der Waals surface area contributed by atoms with Crippen LogP contribution in [0.4, 0.5) is 10.5 Å². The van der Waals surface area contributed by atoms with Gasteiger partial charge < -0.3 is 5.32 Å². The highest BCUT2D eigenvalue weighted by Crippen LogP contribution is 2.26. The highest BCUT2D eigenvalue weighted by atomic mass is 35.5. The number of fused-ring (bicyclic) bond motifs is 1. The van der Waals surface area contributed by atoms with E-state index in [2.05, 4.69) is 11.4 Å². The molecule has 0 bridgehead atoms. The van der Waals surface area contributed by atoms with Crippen LogP contribution in [-0.2, 0) is 13.0 Å². The third kappa shape index (κ3) is 3.42. The minimum Gasteiger partial charge on any atom is -0.334 e. The maximum absolute atomic E-state index is 12.5. The largest absolute Gasteiger partial charge is 0.334 e. The predicted molar refractivity (Wildman–Crippen MR) is 90.4 cm³/mol. The number of benzene rings is 2. The number of rotatable bonds is 2. The monoisotopic (exact) mass is 314 g/mol. The molecule has 0 aromatic heterocycles. The second-order valence-electron chi connectivity index (χ2n) is 5.52. The molecule has 4 heteroatoms. The van der Waals surface area contributed by atoms with Crippen molar-refractivity contribution in [2.45, 2.75) is 25.8 Å². The van der Waals surface area contributed by atoms with E-state index >= 15 is 0 Å². The van der Waals surface area contributed by atoms with Crippen LogP contribution in [0.5, 0.6) is 0 Å². The molecule has 1 aliphatic heterocycles. The van der Waals surface area contributed by atoms with Crippen LogP contribution in [0.1, 0.15) is 24.0 Å². The van der Waals surface area contributed by atoms with Crippen molar-refractivity contribution in [2.24, 2.45) is 0 Å². The molecule has 0 atom stereocenters. The standard InChI is InChI=1S/C18H19ClN2O/c19-16-10-8-14(9-11-16)13-20-18(22)21-12-4-3-6-15-5-1-2-7-17(15)21/h1-2,5,7-11H,3-4,6,12-13H2,(H,20,22). The number of para-hydroxylation sites is 1. The smallest absolute Gasteiger partial charge is 0.322 e. The van der Waals surface area contributed by atoms with Crippen molar-refractivity contribution in [1.29, 1.82) is 0 Å². The zero-order chi connectivity index (χ0) is 15.4. The molecule has 1 heterocycles. The fraction of sp³-hybridized carbons (Fsp3) is 0.278. The summed E-state index contributed by atoms with van der Waals surface area (Å²) in [5.74, 6) is 0. The normalized spacial score (nSPS) is 14.1. The first-order valence-corrected chi connectivity index (χ1v) is 7.99. The van der Waals surface area contributed by atoms with E-state index in [0.717, 1.165) is 37.1 Å². The molecule has 0 fully saturated rings. The van der Waals surface area contributed by atoms with E-state index in [4.69, 9.17) is 11.6 Å². The summed E-state index contributed by atoms with van der Waals surface area (Å²) in [4.78, 5) is 14.4. The average Bonchev–Trinajstić information content (AvgIpc) is 2.76. The first-order chi connectivity index (χ1) is 10.7. The molecule has 1 aliphatic rings. The fourth-order valence-electron chi connectivity index (χ4n) is 2.78. The van der Waals surface area contributed by atoms with Gasteiger partial charge in [0.15, 0.2) is 0 Å². The predicted octanol–water partition coefficient (Wildman–Crippen LogP) is 4.39. The van der Waals surface area contributed by atoms with Gasteiger partial charge in [0.25, 0.3) is 0 Å². The van der Waals surface area contributed by atoms with Gasteiger partial charge >= 0.3 is 6.03 Å². The minimum absolute atomic E-state index is 0.0377. The zero-order valence-corrected chi connectivity index (χ0v) is 13.1. The van der Waals surface area contributed by atoms with Crippen LogP contribution in [0.2, 0.25) is 5.02 Å². The summed E-state index contributed by atoms with van der Waals surface area (Å²) in [6, 6.07) is 15.7. The van der Waals surface area contributed by atoms with Gasteiger partial charge in [0.05, 0.1) is 0 Å². The van der Waals surface area contributed by atoms with E-state index in [1.165, 1.54) is 5.56 Å². The number of amides is 2. The fourth-order valence-corrected chi connectivity index (χ4v) is 2.90. The quantitative estimate of drug-likeness (QED) is 0.876. The molecule has 114 valence electrons. The van der Waals surface area contributed by atoms with Crippen LogP contribution in [0.3, 0.4) is 0 Å². The molecule has 1 N–H and O–H groups in total. The minimum atomic E-state index is -0.0377. The molecule has 22 heavy (non-hydrogen) atoms. The van der Waals surface area contributed by atoms with Crippen LogP contribution in [0.15, 0.2) is 48.5 Å². The molecule has 2 aromatic rings. The van der Waals surface area contributed by atoms with Gasteiger partial charge in [0, 0.05) is 23.8 Å². The zero-order valence-electron chi connectivity index (χ0n) is 12.4. The molecule has 0 unspecified atom stereocenters. The van der Waals surface area contributed by atoms with E-state index in [-0.39, 0.29) is 6.03 Å².